The van der Waals surface area contributed by atoms with Gasteiger partial charge in [0.25, 0.3) is 0 Å². The van der Waals surface area contributed by atoms with Crippen LogP contribution in [-0.4, -0.2) is 0 Å². The quantitative estimate of drug-likeness (QED) is 0.474. The van der Waals surface area contributed by atoms with Crippen molar-refractivity contribution < 1.29 is 13.2 Å². The fourth-order valence-electron chi connectivity index (χ4n) is 1.63. The first kappa shape index (κ1) is 14.1. The topological polar surface area (TPSA) is 0 Å². The molecule has 0 aliphatic carbocycles. The molecule has 5 heteroatoms. The molecule has 0 fully saturated rings. The number of hydrogen-bond donors (Lipinski definition) is 0. The van der Waals surface area contributed by atoms with Crippen molar-refractivity contribution in [1.29, 1.82) is 0 Å². The number of alkyl halides is 3. The van der Waals surface area contributed by atoms with Crippen LogP contribution in [0.5, 0.6) is 0 Å². The molecule has 0 saturated carbocycles. The molecule has 0 spiro atoms. The van der Waals surface area contributed by atoms with Crippen LogP contribution in [0.15, 0.2) is 42.5 Å². The average molecular weight is 474 g/mol. The summed E-state index contributed by atoms with van der Waals surface area (Å²) in [5.74, 6) is 0. The van der Waals surface area contributed by atoms with Crippen molar-refractivity contribution in [2.45, 2.75) is 6.18 Å². The molecule has 0 heterocycles. The predicted molar refractivity (Wildman–Crippen MR) is 82.3 cm³/mol. The normalized spacial score (nSPS) is 11.6. The maximum atomic E-state index is 13.0. The van der Waals surface area contributed by atoms with Gasteiger partial charge in [-0.25, -0.2) is 0 Å². The smallest absolute Gasteiger partial charge is 0.166 e. The van der Waals surface area contributed by atoms with Gasteiger partial charge in [0, 0.05) is 7.14 Å². The summed E-state index contributed by atoms with van der Waals surface area (Å²) in [4.78, 5) is 0. The van der Waals surface area contributed by atoms with Crippen LogP contribution >= 0.6 is 45.2 Å². The third kappa shape index (κ3) is 3.17. The Morgan fingerprint density at radius 3 is 1.89 bits per heavy atom. The molecule has 2 aromatic rings. The fourth-order valence-corrected chi connectivity index (χ4v) is 2.48. The lowest BCUT2D eigenvalue weighted by Crippen LogP contribution is -2.07. The van der Waals surface area contributed by atoms with Crippen molar-refractivity contribution in [3.63, 3.8) is 0 Å². The molecule has 0 atom stereocenters. The van der Waals surface area contributed by atoms with Gasteiger partial charge in [0.2, 0.25) is 0 Å². The highest BCUT2D eigenvalue weighted by atomic mass is 127. The van der Waals surface area contributed by atoms with Crippen LogP contribution in [0.25, 0.3) is 11.1 Å². The summed E-state index contributed by atoms with van der Waals surface area (Å²) in [6.07, 6.45) is -4.33. The molecule has 0 aromatic heterocycles. The van der Waals surface area contributed by atoms with Crippen LogP contribution in [0.2, 0.25) is 0 Å². The maximum Gasteiger partial charge on any atom is 0.417 e. The molecular weight excluding hydrogens is 467 g/mol. The fraction of sp³-hybridized carbons (Fsp3) is 0.0769. The van der Waals surface area contributed by atoms with E-state index in [9.17, 15) is 13.2 Å². The van der Waals surface area contributed by atoms with Crippen molar-refractivity contribution in [1.82, 2.24) is 0 Å². The standard InChI is InChI=1S/C13H7F3I2/c14-13(15,16)12-7-10(18)5-6-11(12)8-1-3-9(17)4-2-8/h1-7H. The summed E-state index contributed by atoms with van der Waals surface area (Å²) < 4.78 is 40.5. The highest BCUT2D eigenvalue weighted by Gasteiger charge is 2.33. The van der Waals surface area contributed by atoms with Gasteiger partial charge in [-0.15, -0.1) is 0 Å². The second-order valence-electron chi connectivity index (χ2n) is 3.69. The Morgan fingerprint density at radius 2 is 1.33 bits per heavy atom. The molecule has 2 rings (SSSR count). The third-order valence-corrected chi connectivity index (χ3v) is 3.83. The molecule has 0 amide bonds. The minimum Gasteiger partial charge on any atom is -0.166 e. The van der Waals surface area contributed by atoms with Crippen molar-refractivity contribution in [3.8, 4) is 11.1 Å². The van der Waals surface area contributed by atoms with Gasteiger partial charge in [0.05, 0.1) is 5.56 Å². The number of rotatable bonds is 1. The highest BCUT2D eigenvalue weighted by Crippen LogP contribution is 2.37. The molecule has 0 aliphatic rings. The molecule has 0 saturated heterocycles. The Balaban J connectivity index is 2.60. The third-order valence-electron chi connectivity index (χ3n) is 2.44. The van der Waals surface area contributed by atoms with Crippen molar-refractivity contribution in [3.05, 3.63) is 55.2 Å². The molecule has 0 bridgehead atoms. The lowest BCUT2D eigenvalue weighted by atomic mass is 9.99. The molecule has 2 aromatic carbocycles. The first-order valence-corrected chi connectivity index (χ1v) is 7.16. The lowest BCUT2D eigenvalue weighted by Gasteiger charge is -2.13. The van der Waals surface area contributed by atoms with E-state index in [1.165, 1.54) is 12.1 Å². The predicted octanol–water partition coefficient (Wildman–Crippen LogP) is 5.58. The zero-order valence-electron chi connectivity index (χ0n) is 8.93. The van der Waals surface area contributed by atoms with E-state index in [-0.39, 0.29) is 5.56 Å². The highest BCUT2D eigenvalue weighted by molar-refractivity contribution is 14.1. The van der Waals surface area contributed by atoms with Gasteiger partial charge in [-0.2, -0.15) is 13.2 Å². The lowest BCUT2D eigenvalue weighted by molar-refractivity contribution is -0.137. The summed E-state index contributed by atoms with van der Waals surface area (Å²) >= 11 is 4.01. The van der Waals surface area contributed by atoms with E-state index in [0.717, 1.165) is 3.57 Å². The molecule has 18 heavy (non-hydrogen) atoms. The minimum atomic E-state index is -4.33. The Labute approximate surface area is 130 Å². The zero-order valence-corrected chi connectivity index (χ0v) is 13.2. The number of halogens is 5. The first-order chi connectivity index (χ1) is 8.38. The summed E-state index contributed by atoms with van der Waals surface area (Å²) in [5, 5.41) is 0. The van der Waals surface area contributed by atoms with Gasteiger partial charge in [0.15, 0.2) is 0 Å². The van der Waals surface area contributed by atoms with Crippen molar-refractivity contribution in [2.75, 3.05) is 0 Å². The minimum absolute atomic E-state index is 0.222. The summed E-state index contributed by atoms with van der Waals surface area (Å²) in [6.45, 7) is 0. The monoisotopic (exact) mass is 474 g/mol. The van der Waals surface area contributed by atoms with E-state index >= 15 is 0 Å². The van der Waals surface area contributed by atoms with Gasteiger partial charge in [-0.3, -0.25) is 0 Å². The number of hydrogen-bond acceptors (Lipinski definition) is 0. The second kappa shape index (κ2) is 5.36. The zero-order chi connectivity index (χ0) is 13.3. The van der Waals surface area contributed by atoms with Crippen molar-refractivity contribution in [2.24, 2.45) is 0 Å². The summed E-state index contributed by atoms with van der Waals surface area (Å²) in [5.41, 5.74) is 0.217. The van der Waals surface area contributed by atoms with E-state index in [0.29, 0.717) is 9.13 Å². The summed E-state index contributed by atoms with van der Waals surface area (Å²) in [7, 11) is 0. The summed E-state index contributed by atoms with van der Waals surface area (Å²) in [6, 6.07) is 11.4. The van der Waals surface area contributed by atoms with Crippen LogP contribution < -0.4 is 0 Å². The maximum absolute atomic E-state index is 13.0. The second-order valence-corrected chi connectivity index (χ2v) is 6.19. The molecule has 0 aliphatic heterocycles. The van der Waals surface area contributed by atoms with E-state index < -0.39 is 11.7 Å². The van der Waals surface area contributed by atoms with Gasteiger partial charge in [0.1, 0.15) is 0 Å². The van der Waals surface area contributed by atoms with E-state index in [4.69, 9.17) is 0 Å². The van der Waals surface area contributed by atoms with Crippen LogP contribution in [0.4, 0.5) is 13.2 Å². The molecule has 94 valence electrons. The van der Waals surface area contributed by atoms with Gasteiger partial charge in [-0.1, -0.05) is 18.2 Å². The van der Waals surface area contributed by atoms with E-state index in [1.54, 1.807) is 30.3 Å². The molecule has 0 nitrogen and oxygen atoms in total. The Kier molecular flexibility index (Phi) is 4.20. The molecular formula is C13H7F3I2. The molecule has 0 radical (unpaired) electrons. The van der Waals surface area contributed by atoms with Crippen LogP contribution in [0.1, 0.15) is 5.56 Å². The van der Waals surface area contributed by atoms with Gasteiger partial charge in [-0.05, 0) is 80.6 Å². The Hall–Kier alpha value is -0.310. The largest absolute Gasteiger partial charge is 0.417 e. The Morgan fingerprint density at radius 1 is 0.778 bits per heavy atom. The SMILES string of the molecule is FC(F)(F)c1cc(I)ccc1-c1ccc(I)cc1. The van der Waals surface area contributed by atoms with E-state index in [2.05, 4.69) is 22.6 Å². The van der Waals surface area contributed by atoms with Crippen LogP contribution in [0, 0.1) is 7.14 Å². The van der Waals surface area contributed by atoms with E-state index in [1.807, 2.05) is 22.6 Å². The molecule has 0 N–H and O–H groups in total. The van der Waals surface area contributed by atoms with Crippen molar-refractivity contribution >= 4 is 45.2 Å². The van der Waals surface area contributed by atoms with Gasteiger partial charge >= 0.3 is 6.18 Å². The average Bonchev–Trinajstić information content (AvgIpc) is 2.29. The Bertz CT molecular complexity index is 559. The van der Waals surface area contributed by atoms with Gasteiger partial charge < -0.3 is 0 Å². The first-order valence-electron chi connectivity index (χ1n) is 5.00. The van der Waals surface area contributed by atoms with Crippen LogP contribution in [0.3, 0.4) is 0 Å². The molecule has 0 unspecified atom stereocenters. The number of benzene rings is 2. The van der Waals surface area contributed by atoms with Crippen LogP contribution in [-0.2, 0) is 6.18 Å².